The van der Waals surface area contributed by atoms with Crippen LogP contribution < -0.4 is 4.74 Å². The third-order valence-corrected chi connectivity index (χ3v) is 6.64. The third-order valence-electron chi connectivity index (χ3n) is 6.64. The lowest BCUT2D eigenvalue weighted by atomic mass is 9.87. The molecule has 1 N–H and O–H groups in total. The Hall–Kier alpha value is -3.56. The van der Waals surface area contributed by atoms with Gasteiger partial charge < -0.3 is 19.3 Å². The lowest BCUT2D eigenvalue weighted by Crippen LogP contribution is -2.36. The summed E-state index contributed by atoms with van der Waals surface area (Å²) >= 11 is 0. The van der Waals surface area contributed by atoms with Gasteiger partial charge in [-0.3, -0.25) is 9.59 Å². The van der Waals surface area contributed by atoms with Gasteiger partial charge in [0.1, 0.15) is 11.4 Å². The van der Waals surface area contributed by atoms with Crippen molar-refractivity contribution in [2.45, 2.75) is 59.0 Å². The highest BCUT2D eigenvalue weighted by molar-refractivity contribution is 5.84. The number of ether oxygens (including phenoxy) is 1. The molecular formula is C26H28F3N3O4. The van der Waals surface area contributed by atoms with Crippen molar-refractivity contribution in [3.05, 3.63) is 59.4 Å². The fraction of sp³-hybridized carbons (Fsp3) is 0.423. The van der Waals surface area contributed by atoms with Gasteiger partial charge in [0.25, 0.3) is 0 Å². The van der Waals surface area contributed by atoms with Crippen molar-refractivity contribution in [3.8, 4) is 5.75 Å². The van der Waals surface area contributed by atoms with Crippen molar-refractivity contribution in [2.24, 2.45) is 5.41 Å². The average Bonchev–Trinajstić information content (AvgIpc) is 3.12. The van der Waals surface area contributed by atoms with E-state index in [1.54, 1.807) is 37.1 Å². The zero-order chi connectivity index (χ0) is 26.1. The van der Waals surface area contributed by atoms with Gasteiger partial charge in [-0.05, 0) is 68.5 Å². The highest BCUT2D eigenvalue weighted by Gasteiger charge is 2.31. The van der Waals surface area contributed by atoms with E-state index in [0.29, 0.717) is 38.9 Å². The number of aliphatic carboxylic acids is 1. The van der Waals surface area contributed by atoms with Crippen molar-refractivity contribution >= 4 is 22.9 Å². The summed E-state index contributed by atoms with van der Waals surface area (Å²) in [6, 6.07) is 9.57. The Morgan fingerprint density at radius 3 is 2.53 bits per heavy atom. The number of pyridine rings is 1. The van der Waals surface area contributed by atoms with Crippen LogP contribution in [0.5, 0.6) is 5.75 Å². The molecule has 1 aliphatic rings. The van der Waals surface area contributed by atoms with Crippen molar-refractivity contribution < 1.29 is 32.6 Å². The number of fused-ring (bicyclic) bond motifs is 3. The summed E-state index contributed by atoms with van der Waals surface area (Å²) in [6.07, 6.45) is -1.23. The summed E-state index contributed by atoms with van der Waals surface area (Å²) in [5, 5.41) is 10.3. The molecule has 0 atom stereocenters. The molecule has 0 spiro atoms. The molecule has 7 nitrogen and oxygen atoms in total. The van der Waals surface area contributed by atoms with E-state index >= 15 is 0 Å². The van der Waals surface area contributed by atoms with E-state index in [1.807, 2.05) is 16.7 Å². The van der Waals surface area contributed by atoms with Crippen molar-refractivity contribution in [1.29, 1.82) is 0 Å². The minimum atomic E-state index is -4.75. The van der Waals surface area contributed by atoms with Gasteiger partial charge in [-0.1, -0.05) is 12.1 Å². The van der Waals surface area contributed by atoms with Gasteiger partial charge in [-0.25, -0.2) is 4.98 Å². The molecule has 0 saturated heterocycles. The number of halogens is 3. The van der Waals surface area contributed by atoms with Crippen molar-refractivity contribution in [2.75, 3.05) is 6.54 Å². The molecule has 10 heteroatoms. The Kier molecular flexibility index (Phi) is 6.97. The highest BCUT2D eigenvalue weighted by atomic mass is 19.4. The molecule has 192 valence electrons. The van der Waals surface area contributed by atoms with Gasteiger partial charge in [0, 0.05) is 36.8 Å². The van der Waals surface area contributed by atoms with E-state index in [2.05, 4.69) is 9.72 Å². The van der Waals surface area contributed by atoms with E-state index in [1.165, 1.54) is 12.1 Å². The van der Waals surface area contributed by atoms with Crippen LogP contribution in [-0.4, -0.2) is 44.3 Å². The van der Waals surface area contributed by atoms with Crippen LogP contribution in [0.4, 0.5) is 13.2 Å². The van der Waals surface area contributed by atoms with E-state index < -0.39 is 17.7 Å². The van der Waals surface area contributed by atoms with Crippen molar-refractivity contribution in [3.63, 3.8) is 0 Å². The molecule has 3 aromatic rings. The van der Waals surface area contributed by atoms with Crippen molar-refractivity contribution in [1.82, 2.24) is 14.5 Å². The van der Waals surface area contributed by atoms with Gasteiger partial charge in [-0.2, -0.15) is 0 Å². The molecule has 3 heterocycles. The lowest BCUT2D eigenvalue weighted by Gasteiger charge is -2.29. The maximum absolute atomic E-state index is 12.9. The van der Waals surface area contributed by atoms with Crippen LogP contribution in [0.3, 0.4) is 0 Å². The number of hydrogen-bond acceptors (Lipinski definition) is 4. The number of benzene rings is 1. The van der Waals surface area contributed by atoms with Crippen LogP contribution in [0.1, 0.15) is 49.9 Å². The number of amides is 1. The largest absolute Gasteiger partial charge is 0.573 e. The van der Waals surface area contributed by atoms with E-state index in [9.17, 15) is 27.9 Å². The Balaban J connectivity index is 1.53. The molecule has 0 radical (unpaired) electrons. The quantitative estimate of drug-likeness (QED) is 0.460. The number of hydrogen-bond donors (Lipinski definition) is 1. The van der Waals surface area contributed by atoms with Crippen LogP contribution in [-0.2, 0) is 29.1 Å². The maximum Gasteiger partial charge on any atom is 0.573 e. The third kappa shape index (κ3) is 5.63. The summed E-state index contributed by atoms with van der Waals surface area (Å²) in [5.41, 5.74) is 2.72. The average molecular weight is 504 g/mol. The van der Waals surface area contributed by atoms with Crippen LogP contribution in [0, 0.1) is 5.41 Å². The molecule has 0 bridgehead atoms. The Morgan fingerprint density at radius 1 is 1.14 bits per heavy atom. The number of rotatable bonds is 8. The first kappa shape index (κ1) is 25.5. The highest BCUT2D eigenvalue weighted by Crippen LogP contribution is 2.32. The first-order valence-corrected chi connectivity index (χ1v) is 11.8. The van der Waals surface area contributed by atoms with E-state index in [-0.39, 0.29) is 18.1 Å². The first-order valence-electron chi connectivity index (χ1n) is 11.8. The molecule has 36 heavy (non-hydrogen) atoms. The minimum Gasteiger partial charge on any atom is -0.481 e. The number of nitrogens with zero attached hydrogens (tertiary/aromatic N) is 3. The number of carbonyl (C=O) groups excluding carboxylic acids is 1. The van der Waals surface area contributed by atoms with Crippen LogP contribution in [0.15, 0.2) is 42.6 Å². The van der Waals surface area contributed by atoms with Gasteiger partial charge in [0.2, 0.25) is 5.91 Å². The Morgan fingerprint density at radius 2 is 1.86 bits per heavy atom. The van der Waals surface area contributed by atoms with Gasteiger partial charge in [0.15, 0.2) is 0 Å². The molecule has 1 aromatic carbocycles. The molecule has 1 amide bonds. The van der Waals surface area contributed by atoms with Crippen LogP contribution >= 0.6 is 0 Å². The van der Waals surface area contributed by atoms with E-state index in [0.717, 1.165) is 27.9 Å². The summed E-state index contributed by atoms with van der Waals surface area (Å²) < 4.78 is 43.4. The summed E-state index contributed by atoms with van der Waals surface area (Å²) in [4.78, 5) is 30.6. The number of carbonyl (C=O) groups is 2. The second-order valence-corrected chi connectivity index (χ2v) is 9.69. The standard InChI is InChI=1S/C26H28F3N3O4/c1-25(2,24(34)35)12-3-6-22(33)31-14-11-19-20-5-4-13-30-23(20)32(21(19)16-31)15-17-7-9-18(10-8-17)36-26(27,28)29/h4-5,7-10,13H,3,6,11-12,14-16H2,1-2H3,(H,34,35). The monoisotopic (exact) mass is 503 g/mol. The predicted octanol–water partition coefficient (Wildman–Crippen LogP) is 5.15. The SMILES string of the molecule is CC(C)(CCCC(=O)N1CCc2c(n(Cc3ccc(OC(F)(F)F)cc3)c3ncccc23)C1)C(=O)O. The second kappa shape index (κ2) is 9.83. The van der Waals surface area contributed by atoms with Crippen LogP contribution in [0.25, 0.3) is 11.0 Å². The molecule has 0 fully saturated rings. The van der Waals surface area contributed by atoms with Gasteiger partial charge >= 0.3 is 12.3 Å². The van der Waals surface area contributed by atoms with Gasteiger partial charge in [-0.15, -0.1) is 13.2 Å². The Bertz CT molecular complexity index is 1270. The smallest absolute Gasteiger partial charge is 0.481 e. The topological polar surface area (TPSA) is 84.7 Å². The summed E-state index contributed by atoms with van der Waals surface area (Å²) in [6.45, 7) is 4.64. The Labute approximate surface area is 206 Å². The number of aromatic nitrogens is 2. The zero-order valence-electron chi connectivity index (χ0n) is 20.1. The first-order chi connectivity index (χ1) is 16.9. The molecule has 2 aromatic heterocycles. The summed E-state index contributed by atoms with van der Waals surface area (Å²) in [5.74, 6) is -1.19. The number of carboxylic acids is 1. The number of carboxylic acid groups (broad SMARTS) is 1. The maximum atomic E-state index is 12.9. The zero-order valence-corrected chi connectivity index (χ0v) is 20.1. The fourth-order valence-electron chi connectivity index (χ4n) is 4.57. The minimum absolute atomic E-state index is 0.0275. The predicted molar refractivity (Wildman–Crippen MR) is 126 cm³/mol. The second-order valence-electron chi connectivity index (χ2n) is 9.69. The summed E-state index contributed by atoms with van der Waals surface area (Å²) in [7, 11) is 0. The lowest BCUT2D eigenvalue weighted by molar-refractivity contribution is -0.274. The molecule has 1 aliphatic heterocycles. The normalized spacial score (nSPS) is 14.1. The molecule has 0 unspecified atom stereocenters. The number of alkyl halides is 3. The molecule has 0 aliphatic carbocycles. The van der Waals surface area contributed by atoms with E-state index in [4.69, 9.17) is 0 Å². The molecule has 4 rings (SSSR count). The van der Waals surface area contributed by atoms with Crippen LogP contribution in [0.2, 0.25) is 0 Å². The molecule has 0 saturated carbocycles. The van der Waals surface area contributed by atoms with Gasteiger partial charge in [0.05, 0.1) is 12.0 Å². The fourth-order valence-corrected chi connectivity index (χ4v) is 4.57. The molecular weight excluding hydrogens is 475 g/mol.